The van der Waals surface area contributed by atoms with E-state index in [4.69, 9.17) is 43.4 Å². The molecule has 1 aliphatic heterocycles. The summed E-state index contributed by atoms with van der Waals surface area (Å²) >= 11 is 11.9. The van der Waals surface area contributed by atoms with Crippen LogP contribution in [-0.2, 0) is 13.8 Å². The lowest BCUT2D eigenvalue weighted by Crippen LogP contribution is -2.26. The first-order chi connectivity index (χ1) is 8.89. The molecule has 1 fully saturated rings. The number of halogens is 3. The maximum absolute atomic E-state index is 11.3. The number of hydrogen-bond acceptors (Lipinski definition) is 4. The topological polar surface area (TPSA) is 52.6 Å². The maximum atomic E-state index is 11.3. The third-order valence-electron chi connectivity index (χ3n) is 2.74. The lowest BCUT2D eigenvalue weighted by molar-refractivity contribution is 0.0256. The molecule has 0 unspecified atom stereocenters. The highest BCUT2D eigenvalue weighted by molar-refractivity contribution is 8.13. The number of ether oxygens (including phenoxy) is 2. The van der Waals surface area contributed by atoms with E-state index < -0.39 is 9.05 Å². The van der Waals surface area contributed by atoms with Crippen LogP contribution in [-0.4, -0.2) is 27.7 Å². The molecule has 1 aromatic rings. The standard InChI is InChI=1S/C11H11Cl3O4S/c12-10-8(18-7-3-5-17-6-4-7)1-2-9(11(10)13)19(14,15)16/h1-2,7H,3-6H2. The predicted molar refractivity (Wildman–Crippen MR) is 74.0 cm³/mol. The maximum Gasteiger partial charge on any atom is 0.262 e. The fourth-order valence-electron chi connectivity index (χ4n) is 1.77. The molecule has 1 saturated heterocycles. The van der Waals surface area contributed by atoms with Gasteiger partial charge in [-0.1, -0.05) is 23.2 Å². The molecule has 0 radical (unpaired) electrons. The van der Waals surface area contributed by atoms with Crippen LogP contribution in [0.5, 0.6) is 5.75 Å². The number of hydrogen-bond donors (Lipinski definition) is 0. The van der Waals surface area contributed by atoms with Gasteiger partial charge in [-0.2, -0.15) is 0 Å². The minimum Gasteiger partial charge on any atom is -0.489 e. The van der Waals surface area contributed by atoms with Crippen molar-refractivity contribution in [1.29, 1.82) is 0 Å². The SMILES string of the molecule is O=S(=O)(Cl)c1ccc(OC2CCOCC2)c(Cl)c1Cl. The van der Waals surface area contributed by atoms with E-state index in [0.29, 0.717) is 19.0 Å². The van der Waals surface area contributed by atoms with Crippen molar-refractivity contribution in [2.45, 2.75) is 23.8 Å². The van der Waals surface area contributed by atoms with Crippen LogP contribution < -0.4 is 4.74 Å². The molecule has 0 spiro atoms. The molecule has 1 heterocycles. The van der Waals surface area contributed by atoms with Gasteiger partial charge in [0, 0.05) is 23.5 Å². The van der Waals surface area contributed by atoms with E-state index >= 15 is 0 Å². The van der Waals surface area contributed by atoms with Gasteiger partial charge in [-0.25, -0.2) is 8.42 Å². The van der Waals surface area contributed by atoms with Gasteiger partial charge in [-0.05, 0) is 12.1 Å². The summed E-state index contributed by atoms with van der Waals surface area (Å²) in [7, 11) is 1.33. The van der Waals surface area contributed by atoms with Gasteiger partial charge in [-0.15, -0.1) is 0 Å². The van der Waals surface area contributed by atoms with Gasteiger partial charge >= 0.3 is 0 Å². The van der Waals surface area contributed by atoms with E-state index in [1.807, 2.05) is 0 Å². The Morgan fingerprint density at radius 3 is 2.37 bits per heavy atom. The van der Waals surface area contributed by atoms with Crippen molar-refractivity contribution in [2.75, 3.05) is 13.2 Å². The van der Waals surface area contributed by atoms with Gasteiger partial charge in [0.25, 0.3) is 9.05 Å². The van der Waals surface area contributed by atoms with Crippen molar-refractivity contribution in [3.63, 3.8) is 0 Å². The molecule has 0 atom stereocenters. The second-order valence-corrected chi connectivity index (χ2v) is 7.35. The summed E-state index contributed by atoms with van der Waals surface area (Å²) in [6.07, 6.45) is 1.49. The van der Waals surface area contributed by atoms with Crippen LogP contribution in [0.4, 0.5) is 0 Å². The van der Waals surface area contributed by atoms with Crippen molar-refractivity contribution < 1.29 is 17.9 Å². The van der Waals surface area contributed by atoms with Crippen molar-refractivity contribution in [3.8, 4) is 5.75 Å². The van der Waals surface area contributed by atoms with Gasteiger partial charge in [0.2, 0.25) is 0 Å². The molecule has 0 aliphatic carbocycles. The first-order valence-corrected chi connectivity index (χ1v) is 8.63. The molecular weight excluding hydrogens is 335 g/mol. The average Bonchev–Trinajstić information content (AvgIpc) is 2.35. The minimum absolute atomic E-state index is 0.0132. The van der Waals surface area contributed by atoms with Crippen LogP contribution in [0, 0.1) is 0 Å². The summed E-state index contributed by atoms with van der Waals surface area (Å²) in [5, 5.41) is -0.0730. The molecule has 0 amide bonds. The number of rotatable bonds is 3. The van der Waals surface area contributed by atoms with Crippen LogP contribution in [0.15, 0.2) is 17.0 Å². The summed E-state index contributed by atoms with van der Waals surface area (Å²) < 4.78 is 33.5. The fraction of sp³-hybridized carbons (Fsp3) is 0.455. The third kappa shape index (κ3) is 3.67. The van der Waals surface area contributed by atoms with Crippen molar-refractivity contribution in [1.82, 2.24) is 0 Å². The normalized spacial score (nSPS) is 17.4. The Bertz CT molecular complexity index is 568. The largest absolute Gasteiger partial charge is 0.489 e. The predicted octanol–water partition coefficient (Wildman–Crippen LogP) is 3.48. The van der Waals surface area contributed by atoms with Crippen LogP contribution in [0.1, 0.15) is 12.8 Å². The Balaban J connectivity index is 2.26. The molecule has 1 aromatic carbocycles. The minimum atomic E-state index is -3.93. The molecular formula is C11H11Cl3O4S. The molecule has 0 bridgehead atoms. The molecule has 1 aliphatic rings. The van der Waals surface area contributed by atoms with Gasteiger partial charge in [-0.3, -0.25) is 0 Å². The molecule has 19 heavy (non-hydrogen) atoms. The van der Waals surface area contributed by atoms with Crippen LogP contribution >= 0.6 is 33.9 Å². The van der Waals surface area contributed by atoms with E-state index in [1.165, 1.54) is 12.1 Å². The van der Waals surface area contributed by atoms with E-state index in [0.717, 1.165) is 12.8 Å². The second kappa shape index (κ2) is 6.06. The van der Waals surface area contributed by atoms with Crippen molar-refractivity contribution in [2.24, 2.45) is 0 Å². The first kappa shape index (κ1) is 15.2. The Morgan fingerprint density at radius 1 is 1.16 bits per heavy atom. The first-order valence-electron chi connectivity index (χ1n) is 5.56. The van der Waals surface area contributed by atoms with Crippen LogP contribution in [0.3, 0.4) is 0 Å². The van der Waals surface area contributed by atoms with Gasteiger partial charge in [0.15, 0.2) is 0 Å². The lowest BCUT2D eigenvalue weighted by atomic mass is 10.1. The van der Waals surface area contributed by atoms with Crippen LogP contribution in [0.2, 0.25) is 10.0 Å². The molecule has 2 rings (SSSR count). The zero-order valence-electron chi connectivity index (χ0n) is 9.74. The molecule has 0 aromatic heterocycles. The summed E-state index contributed by atoms with van der Waals surface area (Å²) in [6, 6.07) is 2.74. The van der Waals surface area contributed by atoms with Crippen molar-refractivity contribution >= 4 is 42.9 Å². The summed E-state index contributed by atoms with van der Waals surface area (Å²) in [6.45, 7) is 1.26. The van der Waals surface area contributed by atoms with Gasteiger partial charge in [0.05, 0.1) is 18.2 Å². The Hall–Kier alpha value is -0.200. The van der Waals surface area contributed by atoms with E-state index in [1.54, 1.807) is 0 Å². The monoisotopic (exact) mass is 344 g/mol. The van der Waals surface area contributed by atoms with E-state index in [9.17, 15) is 8.42 Å². The second-order valence-electron chi connectivity index (χ2n) is 4.06. The highest BCUT2D eigenvalue weighted by Gasteiger charge is 2.22. The lowest BCUT2D eigenvalue weighted by Gasteiger charge is -2.24. The Morgan fingerprint density at radius 2 is 1.79 bits per heavy atom. The zero-order valence-corrected chi connectivity index (χ0v) is 12.8. The summed E-state index contributed by atoms with van der Waals surface area (Å²) in [4.78, 5) is -0.222. The van der Waals surface area contributed by atoms with Crippen LogP contribution in [0.25, 0.3) is 0 Å². The molecule has 8 heteroatoms. The van der Waals surface area contributed by atoms with Gasteiger partial charge in [0.1, 0.15) is 21.8 Å². The summed E-state index contributed by atoms with van der Waals surface area (Å²) in [5.41, 5.74) is 0. The number of benzene rings is 1. The third-order valence-corrected chi connectivity index (χ3v) is 5.08. The summed E-state index contributed by atoms with van der Waals surface area (Å²) in [5.74, 6) is 0.350. The smallest absolute Gasteiger partial charge is 0.262 e. The quantitative estimate of drug-likeness (QED) is 0.787. The Kier molecular flexibility index (Phi) is 4.84. The fourth-order valence-corrected chi connectivity index (χ4v) is 3.54. The zero-order chi connectivity index (χ0) is 14.0. The van der Waals surface area contributed by atoms with Crippen molar-refractivity contribution in [3.05, 3.63) is 22.2 Å². The average molecular weight is 346 g/mol. The molecule has 0 saturated carbocycles. The highest BCUT2D eigenvalue weighted by Crippen LogP contribution is 2.38. The molecule has 106 valence electrons. The highest BCUT2D eigenvalue weighted by atomic mass is 35.7. The van der Waals surface area contributed by atoms with E-state index in [-0.39, 0.29) is 21.0 Å². The Labute approximate surface area is 126 Å². The van der Waals surface area contributed by atoms with E-state index in [2.05, 4.69) is 0 Å². The van der Waals surface area contributed by atoms with Gasteiger partial charge < -0.3 is 9.47 Å². The molecule has 0 N–H and O–H groups in total. The molecule has 4 nitrogen and oxygen atoms in total.